The molecule has 1 aliphatic carbocycles. The summed E-state index contributed by atoms with van der Waals surface area (Å²) in [7, 11) is -3.74. The summed E-state index contributed by atoms with van der Waals surface area (Å²) in [4.78, 5) is 17.6. The molecule has 3 aromatic carbocycles. The summed E-state index contributed by atoms with van der Waals surface area (Å²) in [5.41, 5.74) is 2.24. The lowest BCUT2D eigenvalue weighted by Crippen LogP contribution is -2.25. The van der Waals surface area contributed by atoms with E-state index < -0.39 is 27.8 Å². The minimum absolute atomic E-state index is 0.0238. The third-order valence-electron chi connectivity index (χ3n) is 4.39. The SMILES string of the molecule is O=C1C(S(=O)Nc2ccccc2)=CC(=Nc2ccccc2)C=C1S(=O)Nc1ccccc1. The number of ketones is 1. The van der Waals surface area contributed by atoms with Crippen molar-refractivity contribution in [2.24, 2.45) is 4.99 Å². The standard InChI is InChI=1S/C24H19N3O3S2/c28-24-22(31(29)26-19-12-6-2-7-13-19)16-21(25-18-10-4-1-5-11-18)17-23(24)32(30)27-20-14-8-3-9-15-20/h1-17,26-27H. The van der Waals surface area contributed by atoms with Gasteiger partial charge >= 0.3 is 0 Å². The minimum atomic E-state index is -1.87. The summed E-state index contributed by atoms with van der Waals surface area (Å²) >= 11 is 0. The summed E-state index contributed by atoms with van der Waals surface area (Å²) in [6.45, 7) is 0. The Kier molecular flexibility index (Phi) is 6.84. The Balaban J connectivity index is 1.68. The zero-order chi connectivity index (χ0) is 22.3. The van der Waals surface area contributed by atoms with E-state index in [0.717, 1.165) is 0 Å². The molecule has 0 fully saturated rings. The number of rotatable bonds is 7. The van der Waals surface area contributed by atoms with Crippen LogP contribution in [0.15, 0.2) is 118 Å². The Morgan fingerprint density at radius 3 is 1.44 bits per heavy atom. The van der Waals surface area contributed by atoms with Crippen LogP contribution in [0, 0.1) is 0 Å². The van der Waals surface area contributed by atoms with Gasteiger partial charge in [-0.1, -0.05) is 54.6 Å². The van der Waals surface area contributed by atoms with Crippen LogP contribution in [-0.4, -0.2) is 19.9 Å². The van der Waals surface area contributed by atoms with E-state index in [1.807, 2.05) is 42.5 Å². The molecule has 0 saturated heterocycles. The van der Waals surface area contributed by atoms with Crippen molar-refractivity contribution in [1.82, 2.24) is 0 Å². The Morgan fingerprint density at radius 1 is 0.594 bits per heavy atom. The van der Waals surface area contributed by atoms with E-state index in [0.29, 0.717) is 22.8 Å². The van der Waals surface area contributed by atoms with Crippen molar-refractivity contribution in [2.75, 3.05) is 9.44 Å². The van der Waals surface area contributed by atoms with Gasteiger partial charge in [-0.2, -0.15) is 0 Å². The molecule has 0 amide bonds. The summed E-state index contributed by atoms with van der Waals surface area (Å²) < 4.78 is 31.7. The predicted molar refractivity (Wildman–Crippen MR) is 131 cm³/mol. The van der Waals surface area contributed by atoms with Gasteiger partial charge in [0.15, 0.2) is 22.0 Å². The van der Waals surface area contributed by atoms with E-state index in [2.05, 4.69) is 14.4 Å². The summed E-state index contributed by atoms with van der Waals surface area (Å²) in [5.74, 6) is -0.569. The second-order valence-corrected chi connectivity index (χ2v) is 9.05. The smallest absolute Gasteiger partial charge is 0.214 e. The number of anilines is 2. The van der Waals surface area contributed by atoms with Gasteiger partial charge in [-0.15, -0.1) is 0 Å². The quantitative estimate of drug-likeness (QED) is 0.502. The molecule has 2 unspecified atom stereocenters. The van der Waals surface area contributed by atoms with Crippen LogP contribution in [0.1, 0.15) is 0 Å². The van der Waals surface area contributed by atoms with E-state index in [1.54, 1.807) is 48.5 Å². The monoisotopic (exact) mass is 461 g/mol. The largest absolute Gasteiger partial charge is 0.301 e. The van der Waals surface area contributed by atoms with Gasteiger partial charge in [0.1, 0.15) is 9.81 Å². The van der Waals surface area contributed by atoms with Crippen molar-refractivity contribution in [2.45, 2.75) is 0 Å². The molecule has 8 heteroatoms. The number of para-hydroxylation sites is 3. The first-order valence-electron chi connectivity index (χ1n) is 9.69. The molecule has 0 spiro atoms. The summed E-state index contributed by atoms with van der Waals surface area (Å²) in [6.07, 6.45) is 2.93. The topological polar surface area (TPSA) is 87.6 Å². The van der Waals surface area contributed by atoms with Crippen LogP contribution < -0.4 is 9.44 Å². The fourth-order valence-corrected chi connectivity index (χ4v) is 4.89. The summed E-state index contributed by atoms with van der Waals surface area (Å²) in [5, 5.41) is 0. The zero-order valence-electron chi connectivity index (χ0n) is 16.8. The molecule has 2 N–H and O–H groups in total. The Labute approximate surface area is 191 Å². The fourth-order valence-electron chi connectivity index (χ4n) is 2.89. The van der Waals surface area contributed by atoms with E-state index in [9.17, 15) is 13.2 Å². The second kappa shape index (κ2) is 10.1. The lowest BCUT2D eigenvalue weighted by Gasteiger charge is -2.16. The first-order chi connectivity index (χ1) is 15.6. The molecule has 2 atom stereocenters. The molecule has 0 heterocycles. The molecule has 0 bridgehead atoms. The van der Waals surface area contributed by atoms with Crippen LogP contribution in [0.25, 0.3) is 0 Å². The number of aliphatic imine (C=N–C) groups is 1. The van der Waals surface area contributed by atoms with E-state index in [4.69, 9.17) is 0 Å². The van der Waals surface area contributed by atoms with Crippen LogP contribution >= 0.6 is 0 Å². The average molecular weight is 462 g/mol. The van der Waals surface area contributed by atoms with Gasteiger partial charge in [0.25, 0.3) is 0 Å². The van der Waals surface area contributed by atoms with Crippen LogP contribution in [0.4, 0.5) is 17.1 Å². The molecular formula is C24H19N3O3S2. The van der Waals surface area contributed by atoms with Gasteiger partial charge < -0.3 is 9.44 Å². The Morgan fingerprint density at radius 2 is 1.00 bits per heavy atom. The molecule has 0 saturated carbocycles. The fraction of sp³-hybridized carbons (Fsp3) is 0. The minimum Gasteiger partial charge on any atom is -0.301 e. The van der Waals surface area contributed by atoms with Crippen molar-refractivity contribution in [3.8, 4) is 0 Å². The molecule has 32 heavy (non-hydrogen) atoms. The highest BCUT2D eigenvalue weighted by molar-refractivity contribution is 7.93. The van der Waals surface area contributed by atoms with E-state index >= 15 is 0 Å². The van der Waals surface area contributed by atoms with Crippen molar-refractivity contribution in [3.63, 3.8) is 0 Å². The molecule has 4 rings (SSSR count). The number of hydrogen-bond acceptors (Lipinski definition) is 4. The van der Waals surface area contributed by atoms with Gasteiger partial charge in [0.2, 0.25) is 5.78 Å². The number of carbonyl (C=O) groups excluding carboxylic acids is 1. The molecule has 3 aromatic rings. The number of nitrogens with one attached hydrogen (secondary N) is 2. The molecule has 1 aliphatic rings. The highest BCUT2D eigenvalue weighted by Gasteiger charge is 2.29. The number of Topliss-reactive ketones (excluding diaryl/α,β-unsaturated/α-hetero) is 1. The molecule has 160 valence electrons. The van der Waals surface area contributed by atoms with Crippen molar-refractivity contribution in [1.29, 1.82) is 0 Å². The number of carbonyl (C=O) groups is 1. The van der Waals surface area contributed by atoms with Gasteiger partial charge in [0.05, 0.1) is 11.4 Å². The number of hydrogen-bond donors (Lipinski definition) is 2. The average Bonchev–Trinajstić information content (AvgIpc) is 2.82. The maximum atomic E-state index is 13.1. The molecular weight excluding hydrogens is 442 g/mol. The van der Waals surface area contributed by atoms with Crippen molar-refractivity contribution >= 4 is 50.5 Å². The number of benzene rings is 3. The maximum Gasteiger partial charge on any atom is 0.214 e. The highest BCUT2D eigenvalue weighted by atomic mass is 32.2. The van der Waals surface area contributed by atoms with Crippen molar-refractivity contribution < 1.29 is 13.2 Å². The third-order valence-corrected chi connectivity index (χ3v) is 6.64. The Hall–Kier alpha value is -3.62. The van der Waals surface area contributed by atoms with E-state index in [-0.39, 0.29) is 9.81 Å². The maximum absolute atomic E-state index is 13.1. The zero-order valence-corrected chi connectivity index (χ0v) is 18.4. The third kappa shape index (κ3) is 5.35. The van der Waals surface area contributed by atoms with Crippen LogP contribution in [0.5, 0.6) is 0 Å². The number of allylic oxidation sites excluding steroid dienone is 4. The van der Waals surface area contributed by atoms with Gasteiger partial charge in [-0.3, -0.25) is 4.79 Å². The highest BCUT2D eigenvalue weighted by Crippen LogP contribution is 2.24. The second-order valence-electron chi connectivity index (χ2n) is 6.69. The molecule has 6 nitrogen and oxygen atoms in total. The molecule has 0 radical (unpaired) electrons. The first kappa shape index (κ1) is 21.6. The van der Waals surface area contributed by atoms with Crippen LogP contribution in [-0.2, 0) is 26.8 Å². The predicted octanol–water partition coefficient (Wildman–Crippen LogP) is 4.66. The lowest BCUT2D eigenvalue weighted by molar-refractivity contribution is -0.111. The number of nitrogens with zero attached hydrogens (tertiary/aromatic N) is 1. The van der Waals surface area contributed by atoms with Crippen molar-refractivity contribution in [3.05, 3.63) is 113 Å². The van der Waals surface area contributed by atoms with Crippen LogP contribution in [0.2, 0.25) is 0 Å². The van der Waals surface area contributed by atoms with Gasteiger partial charge in [0, 0.05) is 11.4 Å². The lowest BCUT2D eigenvalue weighted by atomic mass is 10.1. The molecule has 0 aliphatic heterocycles. The van der Waals surface area contributed by atoms with E-state index in [1.165, 1.54) is 12.2 Å². The van der Waals surface area contributed by atoms with Crippen LogP contribution in [0.3, 0.4) is 0 Å². The van der Waals surface area contributed by atoms with Gasteiger partial charge in [-0.25, -0.2) is 13.4 Å². The summed E-state index contributed by atoms with van der Waals surface area (Å²) in [6, 6.07) is 27.0. The first-order valence-corrected chi connectivity index (χ1v) is 12.0. The molecule has 0 aromatic heterocycles. The normalized spacial score (nSPS) is 15.2. The van der Waals surface area contributed by atoms with Gasteiger partial charge in [-0.05, 0) is 48.6 Å². The Bertz CT molecular complexity index is 1180.